The van der Waals surface area contributed by atoms with Crippen molar-refractivity contribution in [2.75, 3.05) is 21.3 Å². The number of rotatable bonds is 5. The summed E-state index contributed by atoms with van der Waals surface area (Å²) in [6, 6.07) is 10.6. The Balaban J connectivity index is 1.98. The Bertz CT molecular complexity index is 337. The average molecular weight is 252 g/mol. The highest BCUT2D eigenvalue weighted by Crippen LogP contribution is 2.50. The Kier molecular flexibility index (Phi) is 3.99. The third-order valence-corrected chi connectivity index (χ3v) is 6.94. The molecule has 1 fully saturated rings. The van der Waals surface area contributed by atoms with Gasteiger partial charge in [-0.15, -0.1) is 0 Å². The molecule has 94 valence electrons. The summed E-state index contributed by atoms with van der Waals surface area (Å²) in [5, 5.41) is 0. The van der Waals surface area contributed by atoms with Crippen molar-refractivity contribution in [3.8, 4) is 0 Å². The van der Waals surface area contributed by atoms with Crippen LogP contribution in [0.1, 0.15) is 24.3 Å². The van der Waals surface area contributed by atoms with Crippen LogP contribution in [0.15, 0.2) is 30.3 Å². The molecule has 1 aliphatic carbocycles. The van der Waals surface area contributed by atoms with Gasteiger partial charge in [0.2, 0.25) is 0 Å². The van der Waals surface area contributed by atoms with Gasteiger partial charge in [0.05, 0.1) is 0 Å². The van der Waals surface area contributed by atoms with Gasteiger partial charge in [0.1, 0.15) is 0 Å². The lowest BCUT2D eigenvalue weighted by Crippen LogP contribution is -2.51. The van der Waals surface area contributed by atoms with Crippen LogP contribution >= 0.6 is 0 Å². The molecule has 1 aromatic rings. The van der Waals surface area contributed by atoms with E-state index in [2.05, 4.69) is 30.3 Å². The minimum absolute atomic E-state index is 0.438. The monoisotopic (exact) mass is 252 g/mol. The molecule has 0 aliphatic heterocycles. The molecule has 0 aromatic heterocycles. The summed E-state index contributed by atoms with van der Waals surface area (Å²) in [7, 11) is 2.66. The smallest absolute Gasteiger partial charge is 0.377 e. The molecule has 2 rings (SSSR count). The summed E-state index contributed by atoms with van der Waals surface area (Å²) >= 11 is 0. The molecule has 0 saturated heterocycles. The fourth-order valence-corrected chi connectivity index (χ4v) is 5.30. The summed E-state index contributed by atoms with van der Waals surface area (Å²) in [6.07, 6.45) is 2.21. The van der Waals surface area contributed by atoms with Gasteiger partial charge >= 0.3 is 8.80 Å². The predicted molar refractivity (Wildman–Crippen MR) is 68.9 cm³/mol. The molecule has 0 spiro atoms. The van der Waals surface area contributed by atoms with E-state index >= 15 is 0 Å². The van der Waals surface area contributed by atoms with Crippen LogP contribution < -0.4 is 0 Å². The molecule has 17 heavy (non-hydrogen) atoms. The molecule has 0 radical (unpaired) electrons. The first-order valence-electron chi connectivity index (χ1n) is 5.96. The Morgan fingerprint density at radius 3 is 1.94 bits per heavy atom. The van der Waals surface area contributed by atoms with Gasteiger partial charge < -0.3 is 13.3 Å². The largest absolute Gasteiger partial charge is 0.503 e. The molecule has 0 N–H and O–H groups in total. The maximum absolute atomic E-state index is 5.52. The predicted octanol–water partition coefficient (Wildman–Crippen LogP) is 2.81. The summed E-state index contributed by atoms with van der Waals surface area (Å²) in [5.74, 6) is 0.633. The number of hydrogen-bond acceptors (Lipinski definition) is 3. The topological polar surface area (TPSA) is 27.7 Å². The molecule has 0 heterocycles. The van der Waals surface area contributed by atoms with Crippen LogP contribution in [0.3, 0.4) is 0 Å². The number of benzene rings is 1. The van der Waals surface area contributed by atoms with Crippen LogP contribution in [0, 0.1) is 0 Å². The number of hydrogen-bond donors (Lipinski definition) is 0. The van der Waals surface area contributed by atoms with Gasteiger partial charge in [-0.1, -0.05) is 30.3 Å². The van der Waals surface area contributed by atoms with E-state index in [0.717, 1.165) is 12.8 Å². The van der Waals surface area contributed by atoms with Crippen LogP contribution in [-0.4, -0.2) is 30.1 Å². The van der Waals surface area contributed by atoms with Crippen LogP contribution in [0.25, 0.3) is 0 Å². The molecule has 1 aliphatic rings. The van der Waals surface area contributed by atoms with Crippen molar-refractivity contribution in [1.29, 1.82) is 0 Å². The summed E-state index contributed by atoms with van der Waals surface area (Å²) < 4.78 is 16.6. The highest BCUT2D eigenvalue weighted by atomic mass is 28.4. The summed E-state index contributed by atoms with van der Waals surface area (Å²) in [6.45, 7) is 0. The highest BCUT2D eigenvalue weighted by molar-refractivity contribution is 6.62. The van der Waals surface area contributed by atoms with Crippen LogP contribution in [0.4, 0.5) is 0 Å². The summed E-state index contributed by atoms with van der Waals surface area (Å²) in [4.78, 5) is 0. The standard InChI is InChI=1S/C13H20O3Si/c1-14-17(15-2,16-3)13-9-12(10-13)11-7-5-4-6-8-11/h4-8,12-13H,9-10H2,1-3H3. The third kappa shape index (κ3) is 2.31. The maximum Gasteiger partial charge on any atom is 0.503 e. The van der Waals surface area contributed by atoms with Gasteiger partial charge in [-0.3, -0.25) is 0 Å². The van der Waals surface area contributed by atoms with E-state index in [1.54, 1.807) is 21.3 Å². The fourth-order valence-electron chi connectivity index (χ4n) is 2.65. The molecule has 1 aromatic carbocycles. The molecule has 4 heteroatoms. The van der Waals surface area contributed by atoms with Crippen molar-refractivity contribution in [1.82, 2.24) is 0 Å². The SMILES string of the molecule is CO[Si](OC)(OC)C1CC(c2ccccc2)C1. The van der Waals surface area contributed by atoms with Gasteiger partial charge in [-0.25, -0.2) is 0 Å². The molecular formula is C13H20O3Si. The zero-order valence-corrected chi connectivity index (χ0v) is 11.7. The van der Waals surface area contributed by atoms with Crippen molar-refractivity contribution in [2.24, 2.45) is 0 Å². The van der Waals surface area contributed by atoms with E-state index in [4.69, 9.17) is 13.3 Å². The van der Waals surface area contributed by atoms with E-state index in [1.807, 2.05) is 0 Å². The Morgan fingerprint density at radius 2 is 1.47 bits per heavy atom. The van der Waals surface area contributed by atoms with E-state index in [9.17, 15) is 0 Å². The molecule has 1 saturated carbocycles. The highest BCUT2D eigenvalue weighted by Gasteiger charge is 2.53. The van der Waals surface area contributed by atoms with Gasteiger partial charge in [0, 0.05) is 26.9 Å². The Morgan fingerprint density at radius 1 is 0.941 bits per heavy atom. The Hall–Kier alpha value is -0.683. The van der Waals surface area contributed by atoms with Crippen LogP contribution in [0.5, 0.6) is 0 Å². The molecule has 0 bridgehead atoms. The average Bonchev–Trinajstić information content (AvgIpc) is 2.35. The van der Waals surface area contributed by atoms with Crippen molar-refractivity contribution < 1.29 is 13.3 Å². The zero-order chi connectivity index (χ0) is 12.3. The lowest BCUT2D eigenvalue weighted by molar-refractivity contribution is 0.0934. The molecule has 0 unspecified atom stereocenters. The van der Waals surface area contributed by atoms with Gasteiger partial charge in [-0.2, -0.15) is 0 Å². The minimum atomic E-state index is -2.41. The fraction of sp³-hybridized carbons (Fsp3) is 0.538. The maximum atomic E-state index is 5.52. The first-order chi connectivity index (χ1) is 8.25. The van der Waals surface area contributed by atoms with E-state index in [1.165, 1.54) is 5.56 Å². The molecule has 0 amide bonds. The second-order valence-corrected chi connectivity index (χ2v) is 7.74. The van der Waals surface area contributed by atoms with Crippen molar-refractivity contribution in [3.63, 3.8) is 0 Å². The minimum Gasteiger partial charge on any atom is -0.377 e. The summed E-state index contributed by atoms with van der Waals surface area (Å²) in [5.41, 5.74) is 1.85. The first-order valence-corrected chi connectivity index (χ1v) is 7.76. The molecule has 3 nitrogen and oxygen atoms in total. The van der Waals surface area contributed by atoms with Crippen molar-refractivity contribution in [2.45, 2.75) is 24.3 Å². The quantitative estimate of drug-likeness (QED) is 0.754. The molecule has 0 atom stereocenters. The second kappa shape index (κ2) is 5.31. The van der Waals surface area contributed by atoms with E-state index in [0.29, 0.717) is 11.5 Å². The van der Waals surface area contributed by atoms with Gasteiger partial charge in [0.15, 0.2) is 0 Å². The molecular weight excluding hydrogens is 232 g/mol. The lowest BCUT2D eigenvalue weighted by atomic mass is 9.79. The van der Waals surface area contributed by atoms with E-state index in [-0.39, 0.29) is 0 Å². The van der Waals surface area contributed by atoms with Crippen molar-refractivity contribution in [3.05, 3.63) is 35.9 Å². The Labute approximate surface area is 104 Å². The lowest BCUT2D eigenvalue weighted by Gasteiger charge is -2.42. The normalized spacial score (nSPS) is 24.4. The second-order valence-electron chi connectivity index (χ2n) is 4.49. The zero-order valence-electron chi connectivity index (χ0n) is 10.7. The van der Waals surface area contributed by atoms with Crippen LogP contribution in [-0.2, 0) is 13.3 Å². The van der Waals surface area contributed by atoms with Crippen LogP contribution in [0.2, 0.25) is 5.54 Å². The third-order valence-electron chi connectivity index (χ3n) is 3.76. The van der Waals surface area contributed by atoms with Gasteiger partial charge in [0.25, 0.3) is 0 Å². The van der Waals surface area contributed by atoms with Gasteiger partial charge in [-0.05, 0) is 24.3 Å². The first kappa shape index (κ1) is 12.8. The van der Waals surface area contributed by atoms with Crippen molar-refractivity contribution >= 4 is 8.80 Å². The van der Waals surface area contributed by atoms with E-state index < -0.39 is 8.80 Å².